The van der Waals surface area contributed by atoms with Crippen LogP contribution in [0.2, 0.25) is 0 Å². The van der Waals surface area contributed by atoms with E-state index in [0.29, 0.717) is 17.9 Å². The Morgan fingerprint density at radius 3 is 2.27 bits per heavy atom. The third-order valence-corrected chi connectivity index (χ3v) is 1.89. The number of phosphoric acid groups is 1. The van der Waals surface area contributed by atoms with Gasteiger partial charge < -0.3 is 24.5 Å². The van der Waals surface area contributed by atoms with Gasteiger partial charge in [-0.05, 0) is 18.6 Å². The van der Waals surface area contributed by atoms with E-state index in [1.54, 1.807) is 24.3 Å². The first-order chi connectivity index (χ1) is 10.3. The third-order valence-electron chi connectivity index (χ3n) is 1.89. The number of hydrogen-bond acceptors (Lipinski definition) is 6. The molecule has 0 amide bonds. The Morgan fingerprint density at radius 1 is 1.14 bits per heavy atom. The van der Waals surface area contributed by atoms with E-state index in [1.165, 1.54) is 0 Å². The van der Waals surface area contributed by atoms with E-state index in [2.05, 4.69) is 33.5 Å². The summed E-state index contributed by atoms with van der Waals surface area (Å²) >= 11 is 0. The summed E-state index contributed by atoms with van der Waals surface area (Å²) in [4.78, 5) is 30.9. The molecule has 0 atom stereocenters. The second kappa shape index (κ2) is 12.1. The number of para-hydroxylation sites is 1. The number of benzene rings is 1. The summed E-state index contributed by atoms with van der Waals surface area (Å²) in [7, 11) is -4.64. The van der Waals surface area contributed by atoms with Gasteiger partial charge in [0, 0.05) is 21.5 Å². The quantitative estimate of drug-likeness (QED) is 0.205. The molecule has 0 aromatic heterocycles. The van der Waals surface area contributed by atoms with Crippen molar-refractivity contribution in [3.8, 4) is 5.75 Å². The molecule has 10 heteroatoms. The van der Waals surface area contributed by atoms with Crippen LogP contribution in [0.25, 0.3) is 0 Å². The topological polar surface area (TPSA) is 124 Å². The summed E-state index contributed by atoms with van der Waals surface area (Å²) in [6, 6.07) is 8.84. The fourth-order valence-corrected chi connectivity index (χ4v) is 1.02. The predicted octanol–water partition coefficient (Wildman–Crippen LogP) is 2.57. The maximum absolute atomic E-state index is 8.88. The molecule has 0 bridgehead atoms. The zero-order valence-corrected chi connectivity index (χ0v) is 12.8. The largest absolute Gasteiger partial charge is 0.466 e. The van der Waals surface area contributed by atoms with Crippen molar-refractivity contribution in [2.24, 2.45) is 0 Å². The number of unbranched alkanes of at least 4 members (excludes halogenated alkanes) is 1. The van der Waals surface area contributed by atoms with Crippen molar-refractivity contribution in [3.05, 3.63) is 42.7 Å². The summed E-state index contributed by atoms with van der Waals surface area (Å²) in [6.45, 7) is 5.70. The molecular formula is C12H19O9P. The molecule has 0 aliphatic carbocycles. The van der Waals surface area contributed by atoms with Crippen LogP contribution in [-0.4, -0.2) is 14.7 Å². The highest BCUT2D eigenvalue weighted by Crippen LogP contribution is 2.25. The normalized spacial score (nSPS) is 10.4. The average Bonchev–Trinajstić information content (AvgIpc) is 2.44. The molecule has 0 aliphatic heterocycles. The maximum atomic E-state index is 8.88. The Bertz CT molecular complexity index is 437. The SMILES string of the molecule is C=C(CCCC)OOOOOc1ccccc1.O=P(O)(O)O. The van der Waals surface area contributed by atoms with Gasteiger partial charge in [0.2, 0.25) is 0 Å². The van der Waals surface area contributed by atoms with Gasteiger partial charge in [0.05, 0.1) is 0 Å². The highest BCUT2D eigenvalue weighted by molar-refractivity contribution is 7.45. The highest BCUT2D eigenvalue weighted by Gasteiger charge is 2.00. The van der Waals surface area contributed by atoms with Crippen molar-refractivity contribution in [2.75, 3.05) is 0 Å². The minimum Gasteiger partial charge on any atom is -0.311 e. The zero-order chi connectivity index (χ0) is 16.8. The molecule has 1 rings (SSSR count). The van der Waals surface area contributed by atoms with Gasteiger partial charge in [0.15, 0.2) is 5.75 Å². The second-order valence-electron chi connectivity index (χ2n) is 3.84. The van der Waals surface area contributed by atoms with Crippen LogP contribution in [0.3, 0.4) is 0 Å². The maximum Gasteiger partial charge on any atom is 0.466 e. The molecule has 9 nitrogen and oxygen atoms in total. The Balaban J connectivity index is 0.000000763. The Hall–Kier alpha value is -1.45. The van der Waals surface area contributed by atoms with Gasteiger partial charge in [-0.25, -0.2) is 4.57 Å². The molecule has 22 heavy (non-hydrogen) atoms. The van der Waals surface area contributed by atoms with Gasteiger partial charge >= 0.3 is 7.82 Å². The minimum atomic E-state index is -4.64. The van der Waals surface area contributed by atoms with E-state index in [1.807, 2.05) is 6.07 Å². The van der Waals surface area contributed by atoms with Crippen molar-refractivity contribution >= 4 is 7.82 Å². The molecule has 126 valence electrons. The van der Waals surface area contributed by atoms with Crippen molar-refractivity contribution in [1.29, 1.82) is 0 Å². The number of rotatable bonds is 9. The standard InChI is InChI=1S/C12H16O5.H3O4P/c1-3-4-8-11(2)13-15-17-16-14-12-9-6-5-7-10-12;1-5(2,3)4/h5-7,9-10H,2-4,8H2,1H3;(H3,1,2,3,4). The van der Waals surface area contributed by atoms with Crippen LogP contribution >= 0.6 is 7.82 Å². The summed E-state index contributed by atoms with van der Waals surface area (Å²) in [6.07, 6.45) is 2.74. The molecule has 3 N–H and O–H groups in total. The van der Waals surface area contributed by atoms with E-state index in [-0.39, 0.29) is 0 Å². The molecule has 0 aliphatic rings. The van der Waals surface area contributed by atoms with E-state index in [9.17, 15) is 0 Å². The highest BCUT2D eigenvalue weighted by atomic mass is 31.2. The van der Waals surface area contributed by atoms with Crippen molar-refractivity contribution in [1.82, 2.24) is 0 Å². The summed E-state index contributed by atoms with van der Waals surface area (Å²) in [5.41, 5.74) is 0. The van der Waals surface area contributed by atoms with E-state index in [0.717, 1.165) is 12.8 Å². The Kier molecular flexibility index (Phi) is 11.3. The van der Waals surface area contributed by atoms with Gasteiger partial charge in [-0.3, -0.25) is 0 Å². The Labute approximate surface area is 127 Å². The van der Waals surface area contributed by atoms with Crippen LogP contribution < -0.4 is 4.89 Å². The number of allylic oxidation sites excluding steroid dienone is 1. The average molecular weight is 338 g/mol. The van der Waals surface area contributed by atoms with Crippen molar-refractivity contribution in [2.45, 2.75) is 26.2 Å². The summed E-state index contributed by atoms with van der Waals surface area (Å²) < 4.78 is 8.88. The molecule has 0 unspecified atom stereocenters. The minimum absolute atomic E-state index is 0.468. The first kappa shape index (κ1) is 20.6. The smallest absolute Gasteiger partial charge is 0.311 e. The second-order valence-corrected chi connectivity index (χ2v) is 4.87. The van der Waals surface area contributed by atoms with Gasteiger partial charge in [0.1, 0.15) is 5.76 Å². The monoisotopic (exact) mass is 338 g/mol. The lowest BCUT2D eigenvalue weighted by Gasteiger charge is -2.04. The molecule has 1 aromatic carbocycles. The fourth-order valence-electron chi connectivity index (χ4n) is 1.02. The van der Waals surface area contributed by atoms with Crippen molar-refractivity contribution < 1.29 is 44.1 Å². The van der Waals surface area contributed by atoms with Crippen molar-refractivity contribution in [3.63, 3.8) is 0 Å². The molecule has 0 fully saturated rings. The van der Waals surface area contributed by atoms with Crippen LogP contribution in [0.1, 0.15) is 26.2 Å². The Morgan fingerprint density at radius 2 is 1.73 bits per heavy atom. The molecule has 0 saturated heterocycles. The van der Waals surface area contributed by atoms with Crippen LogP contribution in [0.4, 0.5) is 0 Å². The van der Waals surface area contributed by atoms with Gasteiger partial charge in [-0.15, -0.1) is 0 Å². The lowest BCUT2D eigenvalue weighted by Crippen LogP contribution is -2.01. The molecule has 1 aromatic rings. The van der Waals surface area contributed by atoms with Gasteiger partial charge in [-0.1, -0.05) is 38.1 Å². The van der Waals surface area contributed by atoms with Crippen LogP contribution in [-0.2, 0) is 24.6 Å². The lowest BCUT2D eigenvalue weighted by atomic mass is 10.2. The fraction of sp³-hybridized carbons (Fsp3) is 0.333. The summed E-state index contributed by atoms with van der Waals surface area (Å²) in [5.74, 6) is 0.955. The zero-order valence-electron chi connectivity index (χ0n) is 12.0. The molecular weight excluding hydrogens is 319 g/mol. The van der Waals surface area contributed by atoms with E-state index in [4.69, 9.17) is 24.1 Å². The summed E-state index contributed by atoms with van der Waals surface area (Å²) in [5, 5.41) is 12.7. The molecule has 0 heterocycles. The van der Waals surface area contributed by atoms with Gasteiger partial charge in [0.25, 0.3) is 0 Å². The van der Waals surface area contributed by atoms with Crippen LogP contribution in [0.15, 0.2) is 42.7 Å². The first-order valence-electron chi connectivity index (χ1n) is 6.18. The van der Waals surface area contributed by atoms with Gasteiger partial charge in [-0.2, -0.15) is 0 Å². The van der Waals surface area contributed by atoms with E-state index >= 15 is 0 Å². The third kappa shape index (κ3) is 16.6. The van der Waals surface area contributed by atoms with Crippen LogP contribution in [0.5, 0.6) is 5.75 Å². The predicted molar refractivity (Wildman–Crippen MR) is 74.3 cm³/mol. The first-order valence-corrected chi connectivity index (χ1v) is 7.75. The van der Waals surface area contributed by atoms with Crippen LogP contribution in [0, 0.1) is 0 Å². The molecule has 0 saturated carbocycles. The van der Waals surface area contributed by atoms with E-state index < -0.39 is 7.82 Å². The number of hydrogen-bond donors (Lipinski definition) is 3. The molecule has 0 spiro atoms. The lowest BCUT2D eigenvalue weighted by molar-refractivity contribution is -0.684. The molecule has 0 radical (unpaired) electrons.